The summed E-state index contributed by atoms with van der Waals surface area (Å²) < 4.78 is 12.7. The highest BCUT2D eigenvalue weighted by Crippen LogP contribution is 2.38. The van der Waals surface area contributed by atoms with Crippen LogP contribution in [-0.2, 0) is 0 Å². The van der Waals surface area contributed by atoms with Crippen molar-refractivity contribution in [3.63, 3.8) is 0 Å². The summed E-state index contributed by atoms with van der Waals surface area (Å²) in [7, 11) is 0. The molecule has 1 nitrogen and oxygen atoms in total. The lowest BCUT2D eigenvalue weighted by molar-refractivity contribution is 0.532. The molecule has 1 fully saturated rings. The van der Waals surface area contributed by atoms with Crippen molar-refractivity contribution < 1.29 is 4.39 Å². The quantitative estimate of drug-likeness (QED) is 0.806. The van der Waals surface area contributed by atoms with E-state index in [0.29, 0.717) is 5.92 Å². The molecule has 82 valence electrons. The van der Waals surface area contributed by atoms with Crippen LogP contribution in [0, 0.1) is 5.82 Å². The van der Waals surface area contributed by atoms with E-state index in [4.69, 9.17) is 5.73 Å². The van der Waals surface area contributed by atoms with Crippen LogP contribution < -0.4 is 5.73 Å². The predicted molar refractivity (Wildman–Crippen MR) is 60.2 cm³/mol. The summed E-state index contributed by atoms with van der Waals surface area (Å²) in [6.07, 6.45) is 4.53. The van der Waals surface area contributed by atoms with Gasteiger partial charge in [0, 0.05) is 5.54 Å². The number of rotatable bonds is 4. The zero-order chi connectivity index (χ0) is 10.9. The lowest BCUT2D eigenvalue weighted by atomic mass is 9.94. The molecule has 0 aromatic heterocycles. The first kappa shape index (κ1) is 10.6. The topological polar surface area (TPSA) is 26.0 Å². The van der Waals surface area contributed by atoms with E-state index in [9.17, 15) is 4.39 Å². The second-order valence-electron chi connectivity index (χ2n) is 4.85. The van der Waals surface area contributed by atoms with Crippen LogP contribution in [0.1, 0.15) is 44.1 Å². The Morgan fingerprint density at radius 3 is 2.47 bits per heavy atom. The van der Waals surface area contributed by atoms with Crippen LogP contribution in [0.5, 0.6) is 0 Å². The van der Waals surface area contributed by atoms with Gasteiger partial charge < -0.3 is 5.73 Å². The van der Waals surface area contributed by atoms with E-state index >= 15 is 0 Å². The van der Waals surface area contributed by atoms with Crippen molar-refractivity contribution in [3.05, 3.63) is 35.6 Å². The first-order valence-corrected chi connectivity index (χ1v) is 5.63. The smallest absolute Gasteiger partial charge is 0.123 e. The van der Waals surface area contributed by atoms with Crippen LogP contribution in [0.15, 0.2) is 24.3 Å². The molecule has 0 bridgehead atoms. The number of hydrogen-bond donors (Lipinski definition) is 1. The normalized spacial score (nSPS) is 19.9. The van der Waals surface area contributed by atoms with E-state index in [2.05, 4.69) is 6.92 Å². The van der Waals surface area contributed by atoms with Crippen LogP contribution in [0.2, 0.25) is 0 Å². The van der Waals surface area contributed by atoms with E-state index in [1.54, 1.807) is 0 Å². The molecule has 0 heterocycles. The molecule has 0 aliphatic heterocycles. The SMILES string of the molecule is CC(CCC1(N)CC1)c1ccc(F)cc1. The molecule has 1 aromatic rings. The number of halogens is 1. The van der Waals surface area contributed by atoms with E-state index in [-0.39, 0.29) is 11.4 Å². The Morgan fingerprint density at radius 1 is 1.33 bits per heavy atom. The number of nitrogens with two attached hydrogens (primary N) is 1. The second-order valence-corrected chi connectivity index (χ2v) is 4.85. The highest BCUT2D eigenvalue weighted by molar-refractivity contribution is 5.20. The van der Waals surface area contributed by atoms with E-state index in [1.807, 2.05) is 12.1 Å². The van der Waals surface area contributed by atoms with Crippen molar-refractivity contribution in [2.45, 2.75) is 44.1 Å². The molecule has 2 rings (SSSR count). The Morgan fingerprint density at radius 2 is 1.93 bits per heavy atom. The van der Waals surface area contributed by atoms with Crippen LogP contribution in [0.3, 0.4) is 0 Å². The van der Waals surface area contributed by atoms with Crippen LogP contribution >= 0.6 is 0 Å². The van der Waals surface area contributed by atoms with Crippen molar-refractivity contribution in [1.82, 2.24) is 0 Å². The molecule has 1 unspecified atom stereocenters. The fraction of sp³-hybridized carbons (Fsp3) is 0.538. The molecule has 0 amide bonds. The van der Waals surface area contributed by atoms with Crippen molar-refractivity contribution in [3.8, 4) is 0 Å². The first-order valence-electron chi connectivity index (χ1n) is 5.63. The number of hydrogen-bond acceptors (Lipinski definition) is 1. The summed E-state index contributed by atoms with van der Waals surface area (Å²) in [5.74, 6) is 0.315. The zero-order valence-corrected chi connectivity index (χ0v) is 9.17. The molecule has 1 atom stereocenters. The van der Waals surface area contributed by atoms with Gasteiger partial charge in [-0.15, -0.1) is 0 Å². The van der Waals surface area contributed by atoms with Gasteiger partial charge in [0.05, 0.1) is 0 Å². The molecular weight excluding hydrogens is 189 g/mol. The van der Waals surface area contributed by atoms with E-state index in [1.165, 1.54) is 30.5 Å². The molecule has 2 heteroatoms. The fourth-order valence-electron chi connectivity index (χ4n) is 1.87. The van der Waals surface area contributed by atoms with Gasteiger partial charge in [0.25, 0.3) is 0 Å². The summed E-state index contributed by atoms with van der Waals surface area (Å²) in [6, 6.07) is 6.80. The first-order chi connectivity index (χ1) is 7.09. The Bertz CT molecular complexity index is 327. The Balaban J connectivity index is 1.89. The van der Waals surface area contributed by atoms with E-state index < -0.39 is 0 Å². The standard InChI is InChI=1S/C13H18FN/c1-10(6-7-13(15)8-9-13)11-2-4-12(14)5-3-11/h2-5,10H,6-9,15H2,1H3. The Hall–Kier alpha value is -0.890. The van der Waals surface area contributed by atoms with Crippen LogP contribution in [0.25, 0.3) is 0 Å². The predicted octanol–water partition coefficient (Wildman–Crippen LogP) is 3.20. The van der Waals surface area contributed by atoms with Crippen molar-refractivity contribution in [2.24, 2.45) is 5.73 Å². The summed E-state index contributed by atoms with van der Waals surface area (Å²) in [5.41, 5.74) is 7.38. The minimum atomic E-state index is -0.163. The van der Waals surface area contributed by atoms with Crippen LogP contribution in [0.4, 0.5) is 4.39 Å². The average Bonchev–Trinajstić information content (AvgIpc) is 2.95. The van der Waals surface area contributed by atoms with Gasteiger partial charge in [-0.3, -0.25) is 0 Å². The molecular formula is C13H18FN. The van der Waals surface area contributed by atoms with Crippen LogP contribution in [-0.4, -0.2) is 5.54 Å². The largest absolute Gasteiger partial charge is 0.325 e. The van der Waals surface area contributed by atoms with Crippen molar-refractivity contribution in [1.29, 1.82) is 0 Å². The third kappa shape index (κ3) is 2.78. The Labute approximate surface area is 90.5 Å². The third-order valence-electron chi connectivity index (χ3n) is 3.41. The fourth-order valence-corrected chi connectivity index (χ4v) is 1.87. The minimum absolute atomic E-state index is 0.133. The summed E-state index contributed by atoms with van der Waals surface area (Å²) in [4.78, 5) is 0. The molecule has 1 aliphatic rings. The lowest BCUT2D eigenvalue weighted by Crippen LogP contribution is -2.21. The Kier molecular flexibility index (Phi) is 2.79. The maximum atomic E-state index is 12.7. The highest BCUT2D eigenvalue weighted by atomic mass is 19.1. The van der Waals surface area contributed by atoms with Crippen molar-refractivity contribution >= 4 is 0 Å². The maximum absolute atomic E-state index is 12.7. The second kappa shape index (κ2) is 3.93. The van der Waals surface area contributed by atoms with Gasteiger partial charge in [0.2, 0.25) is 0 Å². The molecule has 2 N–H and O–H groups in total. The molecule has 1 aliphatic carbocycles. The zero-order valence-electron chi connectivity index (χ0n) is 9.17. The molecule has 1 aromatic carbocycles. The number of benzene rings is 1. The van der Waals surface area contributed by atoms with Gasteiger partial charge in [-0.2, -0.15) is 0 Å². The average molecular weight is 207 g/mol. The summed E-state index contributed by atoms with van der Waals surface area (Å²) >= 11 is 0. The lowest BCUT2D eigenvalue weighted by Gasteiger charge is -2.14. The molecule has 1 saturated carbocycles. The van der Waals surface area contributed by atoms with Gasteiger partial charge in [-0.25, -0.2) is 4.39 Å². The summed E-state index contributed by atoms with van der Waals surface area (Å²) in [5, 5.41) is 0. The molecule has 0 saturated heterocycles. The van der Waals surface area contributed by atoms with Crippen molar-refractivity contribution in [2.75, 3.05) is 0 Å². The molecule has 0 spiro atoms. The maximum Gasteiger partial charge on any atom is 0.123 e. The molecule has 0 radical (unpaired) electrons. The monoisotopic (exact) mass is 207 g/mol. The van der Waals surface area contributed by atoms with Gasteiger partial charge in [-0.05, 0) is 49.3 Å². The van der Waals surface area contributed by atoms with E-state index in [0.717, 1.165) is 12.8 Å². The molecule has 15 heavy (non-hydrogen) atoms. The summed E-state index contributed by atoms with van der Waals surface area (Å²) in [6.45, 7) is 2.18. The minimum Gasteiger partial charge on any atom is -0.325 e. The van der Waals surface area contributed by atoms with Gasteiger partial charge in [0.15, 0.2) is 0 Å². The van der Waals surface area contributed by atoms with Gasteiger partial charge in [-0.1, -0.05) is 19.1 Å². The van der Waals surface area contributed by atoms with Gasteiger partial charge >= 0.3 is 0 Å². The third-order valence-corrected chi connectivity index (χ3v) is 3.41. The van der Waals surface area contributed by atoms with Gasteiger partial charge in [0.1, 0.15) is 5.82 Å². The highest BCUT2D eigenvalue weighted by Gasteiger charge is 2.37.